The van der Waals surface area contributed by atoms with Gasteiger partial charge in [0, 0.05) is 60.2 Å². The molecule has 0 saturated carbocycles. The molecule has 0 atom stereocenters. The number of halogens is 2. The molecule has 2 aromatic rings. The lowest BCUT2D eigenvalue weighted by Crippen LogP contribution is -2.25. The van der Waals surface area contributed by atoms with Crippen molar-refractivity contribution in [2.45, 2.75) is 26.8 Å². The highest BCUT2D eigenvalue weighted by molar-refractivity contribution is 6.12. The van der Waals surface area contributed by atoms with Crippen LogP contribution in [0.5, 0.6) is 0 Å². The number of alkyl halides is 2. The number of fused-ring (bicyclic) bond motifs is 1. The highest BCUT2D eigenvalue weighted by Crippen LogP contribution is 2.31. The lowest BCUT2D eigenvalue weighted by Gasteiger charge is -2.20. The van der Waals surface area contributed by atoms with E-state index in [4.69, 9.17) is 5.73 Å². The molecule has 2 N–H and O–H groups in total. The average Bonchev–Trinajstić information content (AvgIpc) is 3.04. The molecule has 0 spiro atoms. The standard InChI is InChI=1S/C23H23F2N5O/c1-23(2,22(24)25)13-28-11-16(9-26)18-7-6-17(10-27)29-20(18)14-4-5-15-12-30(3)21(31)19(15)8-14/h4-9,11,22H,12-13,26H2,1-3H3. The smallest absolute Gasteiger partial charge is 0.254 e. The number of hydrogen-bond acceptors (Lipinski definition) is 5. The lowest BCUT2D eigenvalue weighted by atomic mass is 9.94. The monoisotopic (exact) mass is 423 g/mol. The van der Waals surface area contributed by atoms with Gasteiger partial charge in [-0.1, -0.05) is 26.0 Å². The molecule has 0 aliphatic carbocycles. The quantitative estimate of drug-likeness (QED) is 0.714. The van der Waals surface area contributed by atoms with Crippen molar-refractivity contribution in [3.05, 3.63) is 58.9 Å². The Bertz CT molecular complexity index is 1120. The maximum absolute atomic E-state index is 13.1. The first-order valence-electron chi connectivity index (χ1n) is 9.68. The van der Waals surface area contributed by atoms with Gasteiger partial charge in [0.25, 0.3) is 5.91 Å². The van der Waals surface area contributed by atoms with Crippen LogP contribution in [-0.2, 0) is 6.54 Å². The van der Waals surface area contributed by atoms with Gasteiger partial charge in [0.1, 0.15) is 11.8 Å². The zero-order valence-electron chi connectivity index (χ0n) is 17.6. The number of carbonyl (C=O) groups excluding carboxylic acids is 1. The zero-order valence-corrected chi connectivity index (χ0v) is 17.6. The second kappa shape index (κ2) is 8.64. The summed E-state index contributed by atoms with van der Waals surface area (Å²) in [5.41, 5.74) is 8.40. The Morgan fingerprint density at radius 2 is 2.13 bits per heavy atom. The van der Waals surface area contributed by atoms with Gasteiger partial charge >= 0.3 is 0 Å². The summed E-state index contributed by atoms with van der Waals surface area (Å²) in [4.78, 5) is 22.6. The molecule has 1 aliphatic rings. The molecule has 6 nitrogen and oxygen atoms in total. The zero-order chi connectivity index (χ0) is 22.8. The van der Waals surface area contributed by atoms with Crippen LogP contribution >= 0.6 is 0 Å². The van der Waals surface area contributed by atoms with Crippen LogP contribution in [0.15, 0.2) is 41.5 Å². The Balaban J connectivity index is 2.03. The minimum atomic E-state index is -2.51. The number of benzene rings is 1. The number of nitrogens with two attached hydrogens (primary N) is 1. The molecule has 0 unspecified atom stereocenters. The topological polar surface area (TPSA) is 95.4 Å². The maximum atomic E-state index is 13.1. The van der Waals surface area contributed by atoms with Crippen LogP contribution in [0.2, 0.25) is 0 Å². The van der Waals surface area contributed by atoms with Crippen molar-refractivity contribution in [1.29, 1.82) is 5.26 Å². The molecule has 0 saturated heterocycles. The lowest BCUT2D eigenvalue weighted by molar-refractivity contribution is 0.0263. The van der Waals surface area contributed by atoms with Crippen LogP contribution in [0.1, 0.15) is 41.0 Å². The van der Waals surface area contributed by atoms with Crippen LogP contribution < -0.4 is 5.73 Å². The predicted octanol–water partition coefficient (Wildman–Crippen LogP) is 3.87. The number of aliphatic imine (C=N–C) groups is 1. The fourth-order valence-electron chi connectivity index (χ4n) is 3.22. The summed E-state index contributed by atoms with van der Waals surface area (Å²) in [6, 6.07) is 10.7. The van der Waals surface area contributed by atoms with Crippen molar-refractivity contribution in [2.24, 2.45) is 16.1 Å². The summed E-state index contributed by atoms with van der Waals surface area (Å²) in [6.07, 6.45) is 0.241. The van der Waals surface area contributed by atoms with E-state index < -0.39 is 11.8 Å². The largest absolute Gasteiger partial charge is 0.404 e. The Kier molecular flexibility index (Phi) is 6.16. The molecule has 31 heavy (non-hydrogen) atoms. The molecular weight excluding hydrogens is 400 g/mol. The van der Waals surface area contributed by atoms with Crippen molar-refractivity contribution >= 4 is 17.7 Å². The summed E-state index contributed by atoms with van der Waals surface area (Å²) >= 11 is 0. The van der Waals surface area contributed by atoms with Crippen molar-refractivity contribution in [3.63, 3.8) is 0 Å². The van der Waals surface area contributed by atoms with Gasteiger partial charge in [0.15, 0.2) is 0 Å². The molecule has 1 aromatic heterocycles. The van der Waals surface area contributed by atoms with Gasteiger partial charge in [-0.2, -0.15) is 5.26 Å². The van der Waals surface area contributed by atoms with Gasteiger partial charge in [-0.15, -0.1) is 0 Å². The summed E-state index contributed by atoms with van der Waals surface area (Å²) in [6.45, 7) is 3.33. The fourth-order valence-corrected chi connectivity index (χ4v) is 3.22. The number of aromatic nitrogens is 1. The highest BCUT2D eigenvalue weighted by Gasteiger charge is 2.29. The molecule has 160 valence electrons. The number of amides is 1. The van der Waals surface area contributed by atoms with Gasteiger partial charge in [0.2, 0.25) is 6.43 Å². The van der Waals surface area contributed by atoms with Crippen LogP contribution in [0.25, 0.3) is 16.8 Å². The van der Waals surface area contributed by atoms with E-state index in [1.807, 2.05) is 18.2 Å². The first kappa shape index (κ1) is 22.1. The molecule has 0 fully saturated rings. The first-order valence-corrected chi connectivity index (χ1v) is 9.68. The van der Waals surface area contributed by atoms with Crippen molar-refractivity contribution in [3.8, 4) is 17.3 Å². The van der Waals surface area contributed by atoms with Crippen LogP contribution in [0, 0.1) is 16.7 Å². The van der Waals surface area contributed by atoms with Gasteiger partial charge in [-0.25, -0.2) is 13.8 Å². The number of nitrogens with zero attached hydrogens (tertiary/aromatic N) is 4. The Hall–Kier alpha value is -3.60. The number of carbonyl (C=O) groups is 1. The second-order valence-corrected chi connectivity index (χ2v) is 8.12. The van der Waals surface area contributed by atoms with Gasteiger partial charge in [-0.3, -0.25) is 9.79 Å². The minimum Gasteiger partial charge on any atom is -0.404 e. The van der Waals surface area contributed by atoms with E-state index in [0.717, 1.165) is 5.56 Å². The van der Waals surface area contributed by atoms with E-state index in [9.17, 15) is 18.8 Å². The summed E-state index contributed by atoms with van der Waals surface area (Å²) < 4.78 is 26.2. The van der Waals surface area contributed by atoms with E-state index in [1.54, 1.807) is 30.1 Å². The SMILES string of the molecule is CN1Cc2ccc(-c3nc(C#N)ccc3C(C=NCC(C)(C)C(F)F)=CN)cc2C1=O. The number of nitriles is 1. The molecule has 1 amide bonds. The third kappa shape index (κ3) is 4.45. The summed E-state index contributed by atoms with van der Waals surface area (Å²) in [5, 5.41) is 9.30. The third-order valence-electron chi connectivity index (χ3n) is 5.19. The van der Waals surface area contributed by atoms with Gasteiger partial charge < -0.3 is 10.6 Å². The highest BCUT2D eigenvalue weighted by atomic mass is 19.3. The Morgan fingerprint density at radius 3 is 2.77 bits per heavy atom. The van der Waals surface area contributed by atoms with Crippen molar-refractivity contribution in [2.75, 3.05) is 13.6 Å². The Labute approximate surface area is 179 Å². The third-order valence-corrected chi connectivity index (χ3v) is 5.19. The number of rotatable bonds is 6. The normalized spacial score (nSPS) is 14.4. The van der Waals surface area contributed by atoms with E-state index >= 15 is 0 Å². The molecule has 0 radical (unpaired) electrons. The molecule has 1 aromatic carbocycles. The molecule has 0 bridgehead atoms. The number of hydrogen-bond donors (Lipinski definition) is 1. The predicted molar refractivity (Wildman–Crippen MR) is 115 cm³/mol. The second-order valence-electron chi connectivity index (χ2n) is 8.12. The average molecular weight is 423 g/mol. The van der Waals surface area contributed by atoms with E-state index in [2.05, 4.69) is 9.98 Å². The number of pyridine rings is 1. The molecule has 3 rings (SSSR count). The minimum absolute atomic E-state index is 0.0826. The summed E-state index contributed by atoms with van der Waals surface area (Å²) in [7, 11) is 1.73. The van der Waals surface area contributed by atoms with Crippen LogP contribution in [0.3, 0.4) is 0 Å². The van der Waals surface area contributed by atoms with Crippen molar-refractivity contribution in [1.82, 2.24) is 9.88 Å². The van der Waals surface area contributed by atoms with Crippen LogP contribution in [0.4, 0.5) is 8.78 Å². The fraction of sp³-hybridized carbons (Fsp3) is 0.304. The van der Waals surface area contributed by atoms with E-state index in [-0.39, 0.29) is 18.1 Å². The molecular formula is C23H23F2N5O. The number of allylic oxidation sites excluding steroid dienone is 1. The van der Waals surface area contributed by atoms with E-state index in [0.29, 0.717) is 34.5 Å². The van der Waals surface area contributed by atoms with Gasteiger partial charge in [-0.05, 0) is 23.8 Å². The van der Waals surface area contributed by atoms with E-state index in [1.165, 1.54) is 26.3 Å². The van der Waals surface area contributed by atoms with Crippen LogP contribution in [-0.4, -0.2) is 42.0 Å². The first-order chi connectivity index (χ1) is 14.7. The maximum Gasteiger partial charge on any atom is 0.254 e. The Morgan fingerprint density at radius 1 is 1.39 bits per heavy atom. The summed E-state index contributed by atoms with van der Waals surface area (Å²) in [5.74, 6) is -0.0831. The molecule has 8 heteroatoms. The van der Waals surface area contributed by atoms with Crippen molar-refractivity contribution < 1.29 is 13.6 Å². The molecule has 2 heterocycles. The molecule has 1 aliphatic heterocycles. The van der Waals surface area contributed by atoms with Gasteiger partial charge in [0.05, 0.1) is 5.69 Å².